The summed E-state index contributed by atoms with van der Waals surface area (Å²) >= 11 is 0. The first-order valence-electron chi connectivity index (χ1n) is 4.85. The van der Waals surface area contributed by atoms with Crippen LogP contribution in [0.15, 0.2) is 12.3 Å². The number of hydrogen-bond acceptors (Lipinski definition) is 4. The lowest BCUT2D eigenvalue weighted by Crippen LogP contribution is -2.13. The van der Waals surface area contributed by atoms with Crippen molar-refractivity contribution in [1.82, 2.24) is 14.9 Å². The largest absolute Gasteiger partial charge is 0.467 e. The van der Waals surface area contributed by atoms with E-state index in [-0.39, 0.29) is 0 Å². The highest BCUT2D eigenvalue weighted by Crippen LogP contribution is 2.24. The van der Waals surface area contributed by atoms with E-state index in [1.807, 2.05) is 6.07 Å². The maximum absolute atomic E-state index is 5.01. The van der Waals surface area contributed by atoms with Gasteiger partial charge in [0.2, 0.25) is 0 Å². The standard InChI is InChI=1S/C10H15N3O/c1-13-6-4-8(7-13)9-3-5-11-10(12-9)14-2/h3,5,8H,4,6-7H2,1-2H3. The Morgan fingerprint density at radius 1 is 1.57 bits per heavy atom. The van der Waals surface area contributed by atoms with Gasteiger partial charge in [-0.05, 0) is 26.1 Å². The van der Waals surface area contributed by atoms with Gasteiger partial charge >= 0.3 is 6.01 Å². The maximum Gasteiger partial charge on any atom is 0.316 e. The molecule has 2 rings (SSSR count). The highest BCUT2D eigenvalue weighted by atomic mass is 16.5. The van der Waals surface area contributed by atoms with E-state index < -0.39 is 0 Å². The van der Waals surface area contributed by atoms with Gasteiger partial charge in [-0.3, -0.25) is 0 Å². The van der Waals surface area contributed by atoms with E-state index in [1.54, 1.807) is 13.3 Å². The molecule has 14 heavy (non-hydrogen) atoms. The van der Waals surface area contributed by atoms with Crippen LogP contribution < -0.4 is 4.74 Å². The highest BCUT2D eigenvalue weighted by molar-refractivity contribution is 5.12. The van der Waals surface area contributed by atoms with Crippen LogP contribution >= 0.6 is 0 Å². The van der Waals surface area contributed by atoms with E-state index in [2.05, 4.69) is 21.9 Å². The van der Waals surface area contributed by atoms with Gasteiger partial charge in [-0.1, -0.05) is 0 Å². The van der Waals surface area contributed by atoms with Gasteiger partial charge in [0.25, 0.3) is 0 Å². The molecule has 4 heteroatoms. The fourth-order valence-electron chi connectivity index (χ4n) is 1.86. The molecule has 76 valence electrons. The van der Waals surface area contributed by atoms with E-state index in [0.29, 0.717) is 11.9 Å². The van der Waals surface area contributed by atoms with E-state index >= 15 is 0 Å². The normalized spacial score (nSPS) is 22.6. The summed E-state index contributed by atoms with van der Waals surface area (Å²) in [5, 5.41) is 0. The first-order chi connectivity index (χ1) is 6.79. The Balaban J connectivity index is 2.15. The van der Waals surface area contributed by atoms with Crippen LogP contribution in [0.5, 0.6) is 6.01 Å². The van der Waals surface area contributed by atoms with E-state index in [4.69, 9.17) is 4.74 Å². The molecule has 1 atom stereocenters. The van der Waals surface area contributed by atoms with Crippen LogP contribution in [-0.2, 0) is 0 Å². The Bertz CT molecular complexity index is 316. The molecule has 1 fully saturated rings. The molecule has 1 unspecified atom stereocenters. The second kappa shape index (κ2) is 3.92. The lowest BCUT2D eigenvalue weighted by molar-refractivity contribution is 0.375. The number of ether oxygens (including phenoxy) is 1. The van der Waals surface area contributed by atoms with Crippen molar-refractivity contribution in [1.29, 1.82) is 0 Å². The summed E-state index contributed by atoms with van der Waals surface area (Å²) in [5.74, 6) is 0.539. The van der Waals surface area contributed by atoms with Gasteiger partial charge in [-0.2, -0.15) is 4.98 Å². The topological polar surface area (TPSA) is 38.2 Å². The molecule has 0 aliphatic carbocycles. The van der Waals surface area contributed by atoms with Crippen LogP contribution in [0.4, 0.5) is 0 Å². The van der Waals surface area contributed by atoms with Gasteiger partial charge in [-0.25, -0.2) is 4.98 Å². The fourth-order valence-corrected chi connectivity index (χ4v) is 1.86. The number of aromatic nitrogens is 2. The van der Waals surface area contributed by atoms with E-state index in [0.717, 1.165) is 18.8 Å². The Morgan fingerprint density at radius 2 is 2.43 bits per heavy atom. The zero-order chi connectivity index (χ0) is 9.97. The molecule has 0 bridgehead atoms. The molecule has 0 saturated carbocycles. The molecular weight excluding hydrogens is 178 g/mol. The zero-order valence-corrected chi connectivity index (χ0v) is 8.60. The van der Waals surface area contributed by atoms with Crippen LogP contribution in [0, 0.1) is 0 Å². The predicted octanol–water partition coefficient (Wildman–Crippen LogP) is 0.904. The Morgan fingerprint density at radius 3 is 3.07 bits per heavy atom. The second-order valence-electron chi connectivity index (χ2n) is 3.72. The van der Waals surface area contributed by atoms with Crippen molar-refractivity contribution in [2.45, 2.75) is 12.3 Å². The minimum Gasteiger partial charge on any atom is -0.467 e. The summed E-state index contributed by atoms with van der Waals surface area (Å²) < 4.78 is 5.01. The summed E-state index contributed by atoms with van der Waals surface area (Å²) in [7, 11) is 3.73. The van der Waals surface area contributed by atoms with Gasteiger partial charge < -0.3 is 9.64 Å². The van der Waals surface area contributed by atoms with Gasteiger partial charge in [-0.15, -0.1) is 0 Å². The number of nitrogens with zero attached hydrogens (tertiary/aromatic N) is 3. The molecule has 0 N–H and O–H groups in total. The molecular formula is C10H15N3O. The monoisotopic (exact) mass is 193 g/mol. The van der Waals surface area contributed by atoms with Gasteiger partial charge in [0.1, 0.15) is 0 Å². The number of methoxy groups -OCH3 is 1. The first kappa shape index (κ1) is 9.40. The van der Waals surface area contributed by atoms with Crippen LogP contribution in [0.2, 0.25) is 0 Å². The summed E-state index contributed by atoms with van der Waals surface area (Å²) in [5.41, 5.74) is 1.10. The minimum atomic E-state index is 0.469. The number of hydrogen-bond donors (Lipinski definition) is 0. The first-order valence-corrected chi connectivity index (χ1v) is 4.85. The molecule has 1 aromatic heterocycles. The molecule has 0 amide bonds. The molecule has 1 saturated heterocycles. The van der Waals surface area contributed by atoms with Gasteiger partial charge in [0, 0.05) is 18.7 Å². The number of likely N-dealkylation sites (N-methyl/N-ethyl adjacent to an activating group) is 1. The Kier molecular flexibility index (Phi) is 2.63. The SMILES string of the molecule is COc1nccc(C2CCN(C)C2)n1. The van der Waals surface area contributed by atoms with Crippen molar-refractivity contribution in [3.8, 4) is 6.01 Å². The molecule has 0 spiro atoms. The van der Waals surface area contributed by atoms with Crippen molar-refractivity contribution in [2.75, 3.05) is 27.2 Å². The minimum absolute atomic E-state index is 0.469. The van der Waals surface area contributed by atoms with Crippen molar-refractivity contribution in [3.63, 3.8) is 0 Å². The molecule has 1 aromatic rings. The van der Waals surface area contributed by atoms with Crippen LogP contribution in [0.3, 0.4) is 0 Å². The average molecular weight is 193 g/mol. The Labute approximate surface area is 83.9 Å². The van der Waals surface area contributed by atoms with Crippen LogP contribution in [0.1, 0.15) is 18.0 Å². The van der Waals surface area contributed by atoms with Crippen molar-refractivity contribution in [2.24, 2.45) is 0 Å². The number of likely N-dealkylation sites (tertiary alicyclic amines) is 1. The average Bonchev–Trinajstić information content (AvgIpc) is 2.65. The summed E-state index contributed by atoms with van der Waals surface area (Å²) in [6.45, 7) is 2.23. The quantitative estimate of drug-likeness (QED) is 0.699. The summed E-state index contributed by atoms with van der Waals surface area (Å²) in [6.07, 6.45) is 2.94. The lowest BCUT2D eigenvalue weighted by Gasteiger charge is -2.09. The third-order valence-corrected chi connectivity index (χ3v) is 2.65. The smallest absolute Gasteiger partial charge is 0.316 e. The van der Waals surface area contributed by atoms with E-state index in [1.165, 1.54) is 6.42 Å². The molecule has 1 aliphatic heterocycles. The molecule has 4 nitrogen and oxygen atoms in total. The van der Waals surface area contributed by atoms with Gasteiger partial charge in [0.05, 0.1) is 12.8 Å². The fraction of sp³-hybridized carbons (Fsp3) is 0.600. The maximum atomic E-state index is 5.01. The Hall–Kier alpha value is -1.16. The number of rotatable bonds is 2. The van der Waals surface area contributed by atoms with Gasteiger partial charge in [0.15, 0.2) is 0 Å². The second-order valence-corrected chi connectivity index (χ2v) is 3.72. The summed E-state index contributed by atoms with van der Waals surface area (Å²) in [4.78, 5) is 10.7. The third kappa shape index (κ3) is 1.85. The van der Waals surface area contributed by atoms with Crippen molar-refractivity contribution < 1.29 is 4.74 Å². The molecule has 0 aromatic carbocycles. The van der Waals surface area contributed by atoms with Crippen LogP contribution in [0.25, 0.3) is 0 Å². The van der Waals surface area contributed by atoms with Crippen LogP contribution in [-0.4, -0.2) is 42.1 Å². The molecule has 0 radical (unpaired) electrons. The third-order valence-electron chi connectivity index (χ3n) is 2.65. The predicted molar refractivity (Wildman–Crippen MR) is 53.4 cm³/mol. The molecule has 2 heterocycles. The van der Waals surface area contributed by atoms with Crippen molar-refractivity contribution in [3.05, 3.63) is 18.0 Å². The lowest BCUT2D eigenvalue weighted by atomic mass is 10.1. The highest BCUT2D eigenvalue weighted by Gasteiger charge is 2.22. The zero-order valence-electron chi connectivity index (χ0n) is 8.60. The molecule has 1 aliphatic rings. The summed E-state index contributed by atoms with van der Waals surface area (Å²) in [6, 6.07) is 2.45. The van der Waals surface area contributed by atoms with E-state index in [9.17, 15) is 0 Å². The van der Waals surface area contributed by atoms with Crippen molar-refractivity contribution >= 4 is 0 Å².